The fourth-order valence-corrected chi connectivity index (χ4v) is 3.57. The van der Waals surface area contributed by atoms with Gasteiger partial charge in [0.05, 0.1) is 11.6 Å². The summed E-state index contributed by atoms with van der Waals surface area (Å²) in [4.78, 5) is 10.2. The number of carboxylic acids is 1. The Morgan fingerprint density at radius 3 is 2.00 bits per heavy atom. The summed E-state index contributed by atoms with van der Waals surface area (Å²) in [5.41, 5.74) is 0.948. The van der Waals surface area contributed by atoms with Crippen LogP contribution in [0.1, 0.15) is 48.0 Å². The van der Waals surface area contributed by atoms with Crippen LogP contribution in [0.15, 0.2) is 73.3 Å². The highest BCUT2D eigenvalue weighted by Gasteiger charge is 2.38. The molecule has 3 rings (SSSR count). The number of nitrogens with zero attached hydrogens (tertiary/aromatic N) is 1. The predicted octanol–water partition coefficient (Wildman–Crippen LogP) is 5.60. The first kappa shape index (κ1) is 19.5. The van der Waals surface area contributed by atoms with Crippen molar-refractivity contribution in [1.29, 1.82) is 5.26 Å². The van der Waals surface area contributed by atoms with Crippen LogP contribution >= 0.6 is 0 Å². The van der Waals surface area contributed by atoms with Crippen LogP contribution in [0.3, 0.4) is 0 Å². The van der Waals surface area contributed by atoms with Crippen LogP contribution in [0.25, 0.3) is 0 Å². The zero-order valence-corrected chi connectivity index (χ0v) is 15.0. The fourth-order valence-electron chi connectivity index (χ4n) is 3.57. The Hall–Kier alpha value is -2.86. The van der Waals surface area contributed by atoms with Crippen molar-refractivity contribution in [2.45, 2.75) is 37.5 Å². The van der Waals surface area contributed by atoms with E-state index < -0.39 is 11.4 Å². The van der Waals surface area contributed by atoms with Gasteiger partial charge in [0.25, 0.3) is 0 Å². The molecule has 0 saturated heterocycles. The molecule has 0 aliphatic heterocycles. The number of hydrogen-bond acceptors (Lipinski definition) is 2. The Morgan fingerprint density at radius 1 is 1.04 bits per heavy atom. The lowest BCUT2D eigenvalue weighted by Crippen LogP contribution is -2.33. The number of carboxylic acid groups (broad SMARTS) is 1. The summed E-state index contributed by atoms with van der Waals surface area (Å²) < 4.78 is 0. The third-order valence-corrected chi connectivity index (χ3v) is 5.03. The summed E-state index contributed by atoms with van der Waals surface area (Å²) in [6.45, 7) is 3.93. The smallest absolute Gasteiger partial charge is 0.335 e. The highest BCUT2D eigenvalue weighted by molar-refractivity contribution is 5.87. The van der Waals surface area contributed by atoms with Gasteiger partial charge in [-0.25, -0.2) is 4.79 Å². The summed E-state index contributed by atoms with van der Waals surface area (Å²) in [6, 6.07) is 20.9. The number of hydrogen-bond donors (Lipinski definition) is 1. The second kappa shape index (κ2) is 9.58. The van der Waals surface area contributed by atoms with E-state index in [2.05, 4.69) is 24.8 Å². The van der Waals surface area contributed by atoms with Gasteiger partial charge in [-0.05, 0) is 36.5 Å². The molecule has 0 amide bonds. The number of rotatable bonds is 4. The molecule has 0 spiro atoms. The zero-order valence-electron chi connectivity index (χ0n) is 15.0. The molecule has 0 heterocycles. The van der Waals surface area contributed by atoms with Crippen molar-refractivity contribution in [3.8, 4) is 6.07 Å². The van der Waals surface area contributed by atoms with E-state index in [1.807, 2.05) is 24.3 Å². The quantitative estimate of drug-likeness (QED) is 0.732. The number of benzene rings is 2. The van der Waals surface area contributed by atoms with Gasteiger partial charge < -0.3 is 5.11 Å². The van der Waals surface area contributed by atoms with Crippen molar-refractivity contribution in [2.75, 3.05) is 0 Å². The molecule has 1 saturated carbocycles. The van der Waals surface area contributed by atoms with Crippen LogP contribution in [0.2, 0.25) is 0 Å². The van der Waals surface area contributed by atoms with Gasteiger partial charge in [-0.1, -0.05) is 73.9 Å². The van der Waals surface area contributed by atoms with E-state index in [9.17, 15) is 10.1 Å². The lowest BCUT2D eigenvalue weighted by molar-refractivity contribution is 0.0697. The molecule has 1 unspecified atom stereocenters. The van der Waals surface area contributed by atoms with E-state index in [1.54, 1.807) is 30.3 Å². The highest BCUT2D eigenvalue weighted by Crippen LogP contribution is 2.41. The van der Waals surface area contributed by atoms with Crippen LogP contribution in [-0.4, -0.2) is 11.1 Å². The molecule has 1 aliphatic carbocycles. The molecule has 3 nitrogen and oxygen atoms in total. The summed E-state index contributed by atoms with van der Waals surface area (Å²) >= 11 is 0. The lowest BCUT2D eigenvalue weighted by atomic mass is 9.66. The number of carbonyl (C=O) groups is 1. The normalized spacial score (nSPS) is 16.3. The van der Waals surface area contributed by atoms with Gasteiger partial charge in [0.1, 0.15) is 5.41 Å². The van der Waals surface area contributed by atoms with Gasteiger partial charge in [0.2, 0.25) is 0 Å². The highest BCUT2D eigenvalue weighted by atomic mass is 16.4. The molecule has 1 aliphatic rings. The molecule has 3 heteroatoms. The summed E-state index contributed by atoms with van der Waals surface area (Å²) in [6.07, 6.45) is 7.95. The topological polar surface area (TPSA) is 61.1 Å². The Balaban J connectivity index is 0.000000228. The van der Waals surface area contributed by atoms with Gasteiger partial charge in [0, 0.05) is 0 Å². The molecule has 2 aromatic carbocycles. The average Bonchev–Trinajstić information content (AvgIpc) is 2.72. The first-order chi connectivity index (χ1) is 12.6. The number of aromatic carboxylic acids is 1. The van der Waals surface area contributed by atoms with E-state index in [0.717, 1.165) is 18.4 Å². The van der Waals surface area contributed by atoms with E-state index >= 15 is 0 Å². The minimum atomic E-state index is -0.879. The predicted molar refractivity (Wildman–Crippen MR) is 104 cm³/mol. The van der Waals surface area contributed by atoms with Crippen LogP contribution in [0.4, 0.5) is 0 Å². The van der Waals surface area contributed by atoms with E-state index in [1.165, 1.54) is 19.3 Å². The maximum Gasteiger partial charge on any atom is 0.335 e. The van der Waals surface area contributed by atoms with E-state index in [-0.39, 0.29) is 0 Å². The largest absolute Gasteiger partial charge is 0.478 e. The van der Waals surface area contributed by atoms with Crippen LogP contribution in [-0.2, 0) is 5.41 Å². The first-order valence-electron chi connectivity index (χ1n) is 9.02. The second-order valence-electron chi connectivity index (χ2n) is 6.56. The molecule has 1 N–H and O–H groups in total. The van der Waals surface area contributed by atoms with Gasteiger partial charge in [-0.3, -0.25) is 0 Å². The molecule has 2 aromatic rings. The maximum absolute atomic E-state index is 10.2. The Kier molecular flexibility index (Phi) is 7.17. The Labute approximate surface area is 155 Å². The molecular formula is C23H25NO2. The number of nitriles is 1. The van der Waals surface area contributed by atoms with Crippen LogP contribution in [0, 0.1) is 17.2 Å². The summed E-state index contributed by atoms with van der Waals surface area (Å²) in [5.74, 6) is -0.447. The van der Waals surface area contributed by atoms with Crippen molar-refractivity contribution < 1.29 is 9.90 Å². The van der Waals surface area contributed by atoms with Crippen molar-refractivity contribution in [1.82, 2.24) is 0 Å². The molecule has 1 atom stereocenters. The van der Waals surface area contributed by atoms with E-state index in [4.69, 9.17) is 5.11 Å². The van der Waals surface area contributed by atoms with Gasteiger partial charge in [-0.2, -0.15) is 5.26 Å². The monoisotopic (exact) mass is 347 g/mol. The van der Waals surface area contributed by atoms with Gasteiger partial charge in [-0.15, -0.1) is 6.58 Å². The molecule has 0 bridgehead atoms. The van der Waals surface area contributed by atoms with Crippen molar-refractivity contribution in [2.24, 2.45) is 5.92 Å². The lowest BCUT2D eigenvalue weighted by Gasteiger charge is -2.35. The van der Waals surface area contributed by atoms with Gasteiger partial charge >= 0.3 is 5.97 Å². The van der Waals surface area contributed by atoms with Crippen molar-refractivity contribution in [3.63, 3.8) is 0 Å². The fraction of sp³-hybridized carbons (Fsp3) is 0.304. The molecule has 1 fully saturated rings. The molecule has 26 heavy (non-hydrogen) atoms. The van der Waals surface area contributed by atoms with Crippen molar-refractivity contribution >= 4 is 5.97 Å². The van der Waals surface area contributed by atoms with Crippen LogP contribution < -0.4 is 0 Å². The standard InChI is InChI=1S/C16H19N.C7H6O2/c1-2-16(13-17,14-9-5-3-6-10-14)15-11-7-4-8-12-15;8-7(9)6-4-2-1-3-5-6/h2-3,5-6,9-10,15H,1,4,7-8,11-12H2;1-5H,(H,8,9). The third-order valence-electron chi connectivity index (χ3n) is 5.03. The molecule has 134 valence electrons. The average molecular weight is 347 g/mol. The summed E-state index contributed by atoms with van der Waals surface area (Å²) in [5, 5.41) is 18.0. The van der Waals surface area contributed by atoms with Crippen molar-refractivity contribution in [3.05, 3.63) is 84.4 Å². The SMILES string of the molecule is C=CC(C#N)(c1ccccc1)C1CCCCC1.O=C(O)c1ccccc1. The van der Waals surface area contributed by atoms with Crippen LogP contribution in [0.5, 0.6) is 0 Å². The van der Waals surface area contributed by atoms with E-state index in [0.29, 0.717) is 11.5 Å². The summed E-state index contributed by atoms with van der Waals surface area (Å²) in [7, 11) is 0. The minimum Gasteiger partial charge on any atom is -0.478 e. The molecule has 0 radical (unpaired) electrons. The zero-order chi connectivity index (χ0) is 18.8. The van der Waals surface area contributed by atoms with Gasteiger partial charge in [0.15, 0.2) is 0 Å². The Morgan fingerprint density at radius 2 is 1.58 bits per heavy atom. The second-order valence-corrected chi connectivity index (χ2v) is 6.56. The third kappa shape index (κ3) is 4.61. The minimum absolute atomic E-state index is 0.331. The molecule has 0 aromatic heterocycles. The maximum atomic E-state index is 10.2. The Bertz CT molecular complexity index is 743. The number of allylic oxidation sites excluding steroid dienone is 1. The molecular weight excluding hydrogens is 322 g/mol. The first-order valence-corrected chi connectivity index (χ1v) is 9.02.